The first-order valence-electron chi connectivity index (χ1n) is 8.88. The van der Waals surface area contributed by atoms with Crippen LogP contribution in [-0.4, -0.2) is 39.6 Å². The molecule has 6 nitrogen and oxygen atoms in total. The van der Waals surface area contributed by atoms with Crippen molar-refractivity contribution in [2.45, 2.75) is 10.4 Å². The first-order chi connectivity index (χ1) is 14.1. The molecule has 0 aliphatic carbocycles. The first kappa shape index (κ1) is 23.5. The maximum Gasteiger partial charge on any atom is 0.416 e. The number of anilines is 2. The number of hydrogen-bond donors (Lipinski definition) is 2. The summed E-state index contributed by atoms with van der Waals surface area (Å²) in [6.45, 7) is 2.98. The van der Waals surface area contributed by atoms with E-state index in [0.717, 1.165) is 24.4 Å². The minimum absolute atomic E-state index is 0. The summed E-state index contributed by atoms with van der Waals surface area (Å²) in [5, 5.41) is 3.86. The predicted molar refractivity (Wildman–Crippen MR) is 114 cm³/mol. The monoisotopic (exact) mass is 496 g/mol. The lowest BCUT2D eigenvalue weighted by Crippen LogP contribution is -2.43. The van der Waals surface area contributed by atoms with Gasteiger partial charge < -0.3 is 10.2 Å². The van der Waals surface area contributed by atoms with Gasteiger partial charge in [-0.3, -0.25) is 4.72 Å². The fourth-order valence-corrected chi connectivity index (χ4v) is 5.62. The third kappa shape index (κ3) is 5.03. The van der Waals surface area contributed by atoms with E-state index in [1.165, 1.54) is 6.07 Å². The van der Waals surface area contributed by atoms with E-state index in [1.807, 2.05) is 9.62 Å². The molecule has 3 heterocycles. The molecule has 13 heteroatoms. The fourth-order valence-electron chi connectivity index (χ4n) is 3.20. The lowest BCUT2D eigenvalue weighted by molar-refractivity contribution is -0.137. The highest BCUT2D eigenvalue weighted by molar-refractivity contribution is 7.94. The molecule has 1 fully saturated rings. The van der Waals surface area contributed by atoms with Gasteiger partial charge in [0.2, 0.25) is 0 Å². The average molecular weight is 497 g/mol. The Morgan fingerprint density at radius 1 is 1.13 bits per heavy atom. The number of halogens is 5. The van der Waals surface area contributed by atoms with Crippen LogP contribution in [0, 0.1) is 5.82 Å². The Kier molecular flexibility index (Phi) is 6.65. The summed E-state index contributed by atoms with van der Waals surface area (Å²) in [7, 11) is -4.23. The molecule has 0 unspecified atom stereocenters. The van der Waals surface area contributed by atoms with Gasteiger partial charge in [-0.05, 0) is 30.3 Å². The summed E-state index contributed by atoms with van der Waals surface area (Å²) in [5.74, 6) is -0.541. The highest BCUT2D eigenvalue weighted by Gasteiger charge is 2.32. The van der Waals surface area contributed by atoms with Crippen molar-refractivity contribution in [2.24, 2.45) is 0 Å². The molecule has 0 radical (unpaired) electrons. The van der Waals surface area contributed by atoms with E-state index in [9.17, 15) is 26.0 Å². The summed E-state index contributed by atoms with van der Waals surface area (Å²) in [6, 6.07) is 4.68. The second-order valence-corrected chi connectivity index (χ2v) is 9.67. The summed E-state index contributed by atoms with van der Waals surface area (Å²) < 4.78 is 80.5. The second kappa shape index (κ2) is 8.77. The predicted octanol–water partition coefficient (Wildman–Crippen LogP) is 4.09. The van der Waals surface area contributed by atoms with Crippen LogP contribution < -0.4 is 14.9 Å². The normalized spacial score (nSPS) is 15.0. The van der Waals surface area contributed by atoms with Gasteiger partial charge in [0, 0.05) is 42.5 Å². The Morgan fingerprint density at radius 2 is 1.84 bits per heavy atom. The number of fused-ring (bicyclic) bond motifs is 1. The van der Waals surface area contributed by atoms with Crippen molar-refractivity contribution in [1.82, 2.24) is 10.3 Å². The van der Waals surface area contributed by atoms with Crippen molar-refractivity contribution >= 4 is 55.4 Å². The zero-order chi connectivity index (χ0) is 21.5. The van der Waals surface area contributed by atoms with Gasteiger partial charge in [0.25, 0.3) is 10.0 Å². The van der Waals surface area contributed by atoms with Crippen LogP contribution in [0.4, 0.5) is 29.1 Å². The number of nitrogens with one attached hydrogen (secondary N) is 2. The van der Waals surface area contributed by atoms with Crippen LogP contribution in [0.3, 0.4) is 0 Å². The zero-order valence-corrected chi connectivity index (χ0v) is 18.2. The number of benzene rings is 1. The van der Waals surface area contributed by atoms with Crippen LogP contribution >= 0.6 is 23.7 Å². The van der Waals surface area contributed by atoms with Crippen molar-refractivity contribution < 1.29 is 26.0 Å². The van der Waals surface area contributed by atoms with Gasteiger partial charge in [-0.15, -0.1) is 23.7 Å². The van der Waals surface area contributed by atoms with Crippen LogP contribution in [0.25, 0.3) is 10.1 Å². The second-order valence-electron chi connectivity index (χ2n) is 6.68. The molecule has 1 aliphatic heterocycles. The molecule has 3 aromatic rings. The number of aromatic nitrogens is 1. The topological polar surface area (TPSA) is 74.3 Å². The summed E-state index contributed by atoms with van der Waals surface area (Å²) in [6.07, 6.45) is -3.22. The van der Waals surface area contributed by atoms with Gasteiger partial charge in [0.15, 0.2) is 0 Å². The Balaban J connectivity index is 0.00000272. The molecule has 2 aromatic heterocycles. The molecular weight excluding hydrogens is 480 g/mol. The van der Waals surface area contributed by atoms with Gasteiger partial charge in [-0.25, -0.2) is 17.8 Å². The summed E-state index contributed by atoms with van der Waals surface area (Å²) in [5.41, 5.74) is -1.78. The largest absolute Gasteiger partial charge is 0.416 e. The van der Waals surface area contributed by atoms with Crippen molar-refractivity contribution in [3.05, 3.63) is 47.9 Å². The first-order valence-corrected chi connectivity index (χ1v) is 11.2. The quantitative estimate of drug-likeness (QED) is 0.532. The number of piperazine rings is 1. The van der Waals surface area contributed by atoms with E-state index in [-0.39, 0.29) is 16.6 Å². The number of nitrogens with zero attached hydrogens (tertiary/aromatic N) is 2. The van der Waals surface area contributed by atoms with Gasteiger partial charge in [-0.1, -0.05) is 0 Å². The Labute approximate surface area is 185 Å². The fraction of sp³-hybridized carbons (Fsp3) is 0.278. The maximum atomic E-state index is 13.6. The molecule has 0 atom stereocenters. The molecule has 4 rings (SSSR count). The van der Waals surface area contributed by atoms with E-state index < -0.39 is 33.3 Å². The van der Waals surface area contributed by atoms with Crippen LogP contribution in [0.1, 0.15) is 5.56 Å². The summed E-state index contributed by atoms with van der Waals surface area (Å²) >= 11 is 0.967. The molecule has 31 heavy (non-hydrogen) atoms. The van der Waals surface area contributed by atoms with Crippen molar-refractivity contribution in [3.8, 4) is 0 Å². The number of pyridine rings is 1. The van der Waals surface area contributed by atoms with Gasteiger partial charge in [0.05, 0.1) is 11.3 Å². The van der Waals surface area contributed by atoms with E-state index in [2.05, 4.69) is 10.3 Å². The van der Waals surface area contributed by atoms with Crippen LogP contribution in [0.5, 0.6) is 0 Å². The zero-order valence-electron chi connectivity index (χ0n) is 15.7. The molecule has 0 spiro atoms. The highest BCUT2D eigenvalue weighted by Crippen LogP contribution is 2.36. The number of hydrogen-bond acceptors (Lipinski definition) is 6. The molecule has 168 valence electrons. The van der Waals surface area contributed by atoms with E-state index in [4.69, 9.17) is 0 Å². The van der Waals surface area contributed by atoms with Crippen molar-refractivity contribution in [2.75, 3.05) is 35.8 Å². The number of sulfonamides is 1. The smallest absolute Gasteiger partial charge is 0.354 e. The molecule has 0 saturated carbocycles. The standard InChI is InChI=1S/C18H16F4N4O2S2.ClH/c19-12-7-11(18(20,21)22)8-13(9-12)25-30(27,28)16-10-14-15(29-16)1-2-24-17(14)26-5-3-23-4-6-26;/h1-2,7-10,23,25H,3-6H2;1H. The molecule has 1 saturated heterocycles. The van der Waals surface area contributed by atoms with Gasteiger partial charge >= 0.3 is 6.18 Å². The van der Waals surface area contributed by atoms with Crippen LogP contribution in [-0.2, 0) is 16.2 Å². The Hall–Kier alpha value is -2.15. The number of rotatable bonds is 4. The summed E-state index contributed by atoms with van der Waals surface area (Å²) in [4.78, 5) is 6.41. The van der Waals surface area contributed by atoms with Crippen LogP contribution in [0.15, 0.2) is 40.7 Å². The lowest BCUT2D eigenvalue weighted by atomic mass is 10.2. The Morgan fingerprint density at radius 3 is 2.52 bits per heavy atom. The van der Waals surface area contributed by atoms with E-state index in [0.29, 0.717) is 47.2 Å². The average Bonchev–Trinajstić information content (AvgIpc) is 3.12. The lowest BCUT2D eigenvalue weighted by Gasteiger charge is -2.28. The van der Waals surface area contributed by atoms with Gasteiger partial charge in [-0.2, -0.15) is 13.2 Å². The molecule has 0 amide bonds. The van der Waals surface area contributed by atoms with Crippen LogP contribution in [0.2, 0.25) is 0 Å². The Bertz CT molecular complexity index is 1190. The van der Waals surface area contributed by atoms with E-state index in [1.54, 1.807) is 12.3 Å². The minimum Gasteiger partial charge on any atom is -0.354 e. The van der Waals surface area contributed by atoms with Crippen molar-refractivity contribution in [3.63, 3.8) is 0 Å². The molecule has 2 N–H and O–H groups in total. The number of alkyl halides is 3. The van der Waals surface area contributed by atoms with Crippen molar-refractivity contribution in [1.29, 1.82) is 0 Å². The SMILES string of the molecule is Cl.O=S(=O)(Nc1cc(F)cc(C(F)(F)F)c1)c1cc2c(N3CCNCC3)nccc2s1. The third-order valence-electron chi connectivity index (χ3n) is 4.56. The third-order valence-corrected chi connectivity index (χ3v) is 7.52. The molecular formula is C18H17ClF4N4O2S2. The van der Waals surface area contributed by atoms with Gasteiger partial charge in [0.1, 0.15) is 15.8 Å². The maximum absolute atomic E-state index is 13.6. The molecule has 1 aliphatic rings. The number of thiophene rings is 1. The van der Waals surface area contributed by atoms with E-state index >= 15 is 0 Å². The minimum atomic E-state index is -4.80. The highest BCUT2D eigenvalue weighted by atomic mass is 35.5. The molecule has 0 bridgehead atoms. The molecule has 1 aromatic carbocycles.